The van der Waals surface area contributed by atoms with E-state index in [1.54, 1.807) is 30.2 Å². The molecule has 2 aromatic rings. The molecule has 0 saturated carbocycles. The normalized spacial score (nSPS) is 10.0. The highest BCUT2D eigenvalue weighted by atomic mass is 16.6. The van der Waals surface area contributed by atoms with Crippen LogP contribution >= 0.6 is 0 Å². The number of nitriles is 1. The van der Waals surface area contributed by atoms with E-state index in [0.29, 0.717) is 24.5 Å². The Labute approximate surface area is 114 Å². The third kappa shape index (κ3) is 3.08. The summed E-state index contributed by atoms with van der Waals surface area (Å²) in [4.78, 5) is 14.4. The van der Waals surface area contributed by atoms with Gasteiger partial charge < -0.3 is 5.32 Å². The summed E-state index contributed by atoms with van der Waals surface area (Å²) in [7, 11) is 1.79. The first-order valence-corrected chi connectivity index (χ1v) is 5.87. The van der Waals surface area contributed by atoms with Gasteiger partial charge in [0.05, 0.1) is 4.92 Å². The predicted molar refractivity (Wildman–Crippen MR) is 71.0 cm³/mol. The number of hydrogen-bond donors (Lipinski definition) is 1. The number of aryl methyl sites for hydroxylation is 1. The van der Waals surface area contributed by atoms with Gasteiger partial charge in [-0.25, -0.2) is 4.98 Å². The molecule has 8 nitrogen and oxygen atoms in total. The molecule has 0 fully saturated rings. The van der Waals surface area contributed by atoms with Crippen LogP contribution < -0.4 is 5.32 Å². The highest BCUT2D eigenvalue weighted by molar-refractivity contribution is 5.59. The smallest absolute Gasteiger partial charge is 0.289 e. The van der Waals surface area contributed by atoms with Gasteiger partial charge >= 0.3 is 0 Å². The van der Waals surface area contributed by atoms with E-state index in [9.17, 15) is 10.1 Å². The summed E-state index contributed by atoms with van der Waals surface area (Å²) < 4.78 is 1.61. The van der Waals surface area contributed by atoms with Crippen molar-refractivity contribution in [3.05, 3.63) is 46.0 Å². The molecule has 1 N–H and O–H groups in total. The molecule has 0 bridgehead atoms. The van der Waals surface area contributed by atoms with E-state index < -0.39 is 4.92 Å². The van der Waals surface area contributed by atoms with Crippen LogP contribution in [0.5, 0.6) is 0 Å². The summed E-state index contributed by atoms with van der Waals surface area (Å²) in [6.45, 7) is 0.549. The maximum atomic E-state index is 10.8. The molecule has 1 heterocycles. The summed E-state index contributed by atoms with van der Waals surface area (Å²) in [5.41, 5.74) is 0.437. The van der Waals surface area contributed by atoms with Gasteiger partial charge in [-0.05, 0) is 12.1 Å². The zero-order chi connectivity index (χ0) is 14.5. The van der Waals surface area contributed by atoms with E-state index >= 15 is 0 Å². The summed E-state index contributed by atoms with van der Waals surface area (Å²) in [6, 6.07) is 6.21. The first-order chi connectivity index (χ1) is 9.60. The molecule has 0 radical (unpaired) electrons. The monoisotopic (exact) mass is 272 g/mol. The quantitative estimate of drug-likeness (QED) is 0.648. The molecule has 0 unspecified atom stereocenters. The summed E-state index contributed by atoms with van der Waals surface area (Å²) in [5, 5.41) is 26.8. The van der Waals surface area contributed by atoms with Crippen molar-refractivity contribution in [3.63, 3.8) is 0 Å². The average Bonchev–Trinajstić information content (AvgIpc) is 2.84. The van der Waals surface area contributed by atoms with E-state index in [4.69, 9.17) is 5.26 Å². The van der Waals surface area contributed by atoms with E-state index in [2.05, 4.69) is 15.4 Å². The van der Waals surface area contributed by atoms with Gasteiger partial charge in [-0.15, -0.1) is 0 Å². The molecule has 2 rings (SSSR count). The van der Waals surface area contributed by atoms with Gasteiger partial charge in [-0.1, -0.05) is 0 Å². The van der Waals surface area contributed by atoms with Crippen molar-refractivity contribution in [2.45, 2.75) is 6.42 Å². The van der Waals surface area contributed by atoms with Gasteiger partial charge in [0.1, 0.15) is 18.0 Å². The van der Waals surface area contributed by atoms with Gasteiger partial charge in [-0.2, -0.15) is 10.4 Å². The van der Waals surface area contributed by atoms with Crippen molar-refractivity contribution in [3.8, 4) is 6.07 Å². The minimum Gasteiger partial charge on any atom is -0.384 e. The van der Waals surface area contributed by atoms with Crippen molar-refractivity contribution >= 4 is 11.4 Å². The lowest BCUT2D eigenvalue weighted by atomic mass is 10.2. The lowest BCUT2D eigenvalue weighted by Gasteiger charge is -2.05. The number of aromatic nitrogens is 3. The molecule has 8 heteroatoms. The van der Waals surface area contributed by atoms with Gasteiger partial charge in [0.25, 0.3) is 5.69 Å². The fourth-order valence-electron chi connectivity index (χ4n) is 1.70. The van der Waals surface area contributed by atoms with Gasteiger partial charge in [0, 0.05) is 31.8 Å². The molecule has 0 spiro atoms. The standard InChI is InChI=1S/C12H12N6O2/c1-17-8-15-12(16-17)4-5-14-10-3-2-9(7-13)11(6-10)18(19)20/h2-3,6,8,14H,4-5H2,1H3. The van der Waals surface area contributed by atoms with E-state index in [-0.39, 0.29) is 11.3 Å². The highest BCUT2D eigenvalue weighted by Gasteiger charge is 2.13. The molecule has 1 aromatic heterocycles. The minimum atomic E-state index is -0.565. The summed E-state index contributed by atoms with van der Waals surface area (Å²) >= 11 is 0. The maximum absolute atomic E-state index is 10.8. The Morgan fingerprint density at radius 1 is 1.55 bits per heavy atom. The zero-order valence-electron chi connectivity index (χ0n) is 10.8. The van der Waals surface area contributed by atoms with Crippen LogP contribution in [0, 0.1) is 21.4 Å². The zero-order valence-corrected chi connectivity index (χ0v) is 10.8. The average molecular weight is 272 g/mol. The largest absolute Gasteiger partial charge is 0.384 e. The van der Waals surface area contributed by atoms with E-state index in [1.807, 2.05) is 0 Å². The third-order valence-electron chi connectivity index (χ3n) is 2.64. The lowest BCUT2D eigenvalue weighted by Crippen LogP contribution is -2.07. The van der Waals surface area contributed by atoms with Crippen LogP contribution in [0.15, 0.2) is 24.5 Å². The second kappa shape index (κ2) is 5.79. The van der Waals surface area contributed by atoms with Crippen LogP contribution in [-0.2, 0) is 13.5 Å². The van der Waals surface area contributed by atoms with Gasteiger partial charge in [0.2, 0.25) is 0 Å². The van der Waals surface area contributed by atoms with Crippen LogP contribution in [0.3, 0.4) is 0 Å². The number of nitro benzene ring substituents is 1. The fourth-order valence-corrected chi connectivity index (χ4v) is 1.70. The Morgan fingerprint density at radius 3 is 2.95 bits per heavy atom. The molecule has 0 atom stereocenters. The highest BCUT2D eigenvalue weighted by Crippen LogP contribution is 2.22. The van der Waals surface area contributed by atoms with Crippen LogP contribution in [0.25, 0.3) is 0 Å². The van der Waals surface area contributed by atoms with Crippen molar-refractivity contribution in [1.29, 1.82) is 5.26 Å². The van der Waals surface area contributed by atoms with Crippen molar-refractivity contribution in [2.75, 3.05) is 11.9 Å². The Bertz CT molecular complexity index is 673. The molecule has 0 saturated heterocycles. The molecule has 0 amide bonds. The van der Waals surface area contributed by atoms with Crippen LogP contribution in [0.4, 0.5) is 11.4 Å². The first-order valence-electron chi connectivity index (χ1n) is 5.87. The summed E-state index contributed by atoms with van der Waals surface area (Å²) in [6.07, 6.45) is 2.22. The Balaban J connectivity index is 2.01. The van der Waals surface area contributed by atoms with Crippen molar-refractivity contribution in [2.24, 2.45) is 7.05 Å². The third-order valence-corrected chi connectivity index (χ3v) is 2.64. The van der Waals surface area contributed by atoms with Crippen LogP contribution in [-0.4, -0.2) is 26.2 Å². The van der Waals surface area contributed by atoms with Gasteiger partial charge in [0.15, 0.2) is 5.82 Å². The molecule has 0 aliphatic heterocycles. The predicted octanol–water partition coefficient (Wildman–Crippen LogP) is 1.25. The molecular formula is C12H12N6O2. The number of nitro groups is 1. The second-order valence-corrected chi connectivity index (χ2v) is 4.11. The lowest BCUT2D eigenvalue weighted by molar-refractivity contribution is -0.385. The van der Waals surface area contributed by atoms with Gasteiger partial charge in [-0.3, -0.25) is 14.8 Å². The number of hydrogen-bond acceptors (Lipinski definition) is 6. The molecular weight excluding hydrogens is 260 g/mol. The number of nitrogens with zero attached hydrogens (tertiary/aromatic N) is 5. The van der Waals surface area contributed by atoms with Crippen LogP contribution in [0.2, 0.25) is 0 Å². The molecule has 0 aliphatic carbocycles. The fraction of sp³-hybridized carbons (Fsp3) is 0.250. The first kappa shape index (κ1) is 13.5. The second-order valence-electron chi connectivity index (χ2n) is 4.11. The van der Waals surface area contributed by atoms with Crippen molar-refractivity contribution < 1.29 is 4.92 Å². The van der Waals surface area contributed by atoms with Crippen LogP contribution in [0.1, 0.15) is 11.4 Å². The molecule has 102 valence electrons. The minimum absolute atomic E-state index is 0.0481. The van der Waals surface area contributed by atoms with Crippen molar-refractivity contribution in [1.82, 2.24) is 14.8 Å². The topological polar surface area (TPSA) is 110 Å². The maximum Gasteiger partial charge on any atom is 0.289 e. The molecule has 1 aromatic carbocycles. The van der Waals surface area contributed by atoms with E-state index in [1.165, 1.54) is 12.1 Å². The van der Waals surface area contributed by atoms with E-state index in [0.717, 1.165) is 0 Å². The molecule has 0 aliphatic rings. The SMILES string of the molecule is Cn1cnc(CCNc2ccc(C#N)c([N+](=O)[O-])c2)n1. The number of nitrogens with one attached hydrogen (secondary N) is 1. The molecule has 20 heavy (non-hydrogen) atoms. The number of anilines is 1. The Hall–Kier alpha value is -2.95. The Morgan fingerprint density at radius 2 is 2.35 bits per heavy atom. The summed E-state index contributed by atoms with van der Waals surface area (Å²) in [5.74, 6) is 0.697. The Kier molecular flexibility index (Phi) is 3.91. The number of rotatable bonds is 5. The number of benzene rings is 1.